The monoisotopic (exact) mass is 285 g/mol. The van der Waals surface area contributed by atoms with Crippen LogP contribution in [0.1, 0.15) is 30.4 Å². The second-order valence-corrected chi connectivity index (χ2v) is 5.81. The maximum Gasteiger partial charge on any atom is 0.160 e. The molecular weight excluding hydrogens is 270 g/mol. The molecule has 0 radical (unpaired) electrons. The van der Waals surface area contributed by atoms with E-state index in [0.717, 1.165) is 36.7 Å². The molecule has 1 aliphatic rings. The molecule has 6 heteroatoms. The van der Waals surface area contributed by atoms with Gasteiger partial charge in [-0.3, -0.25) is 9.30 Å². The smallest absolute Gasteiger partial charge is 0.160 e. The Bertz CT molecular complexity index is 705. The fraction of sp³-hybridized carbons (Fsp3) is 0.357. The molecule has 1 fully saturated rings. The number of thiazole rings is 1. The fourth-order valence-electron chi connectivity index (χ4n) is 2.92. The van der Waals surface area contributed by atoms with Crippen LogP contribution in [0.4, 0.5) is 0 Å². The van der Waals surface area contributed by atoms with Crippen LogP contribution in [-0.2, 0) is 6.54 Å². The van der Waals surface area contributed by atoms with Crippen molar-refractivity contribution < 1.29 is 0 Å². The van der Waals surface area contributed by atoms with Crippen molar-refractivity contribution in [3.8, 4) is 0 Å². The highest BCUT2D eigenvalue weighted by Gasteiger charge is 2.30. The minimum atomic E-state index is 0.342. The first-order valence-electron chi connectivity index (χ1n) is 6.82. The van der Waals surface area contributed by atoms with Crippen molar-refractivity contribution in [3.05, 3.63) is 46.8 Å². The average molecular weight is 285 g/mol. The van der Waals surface area contributed by atoms with Crippen LogP contribution in [0.5, 0.6) is 0 Å². The molecule has 3 aromatic heterocycles. The van der Waals surface area contributed by atoms with Crippen molar-refractivity contribution in [3.63, 3.8) is 0 Å². The number of fused-ring (bicyclic) bond motifs is 1. The Balaban J connectivity index is 1.66. The van der Waals surface area contributed by atoms with Gasteiger partial charge in [0.2, 0.25) is 0 Å². The van der Waals surface area contributed by atoms with E-state index in [4.69, 9.17) is 0 Å². The quantitative estimate of drug-likeness (QED) is 0.742. The molecule has 1 atom stereocenters. The van der Waals surface area contributed by atoms with Gasteiger partial charge in [-0.15, -0.1) is 21.5 Å². The fourth-order valence-corrected chi connectivity index (χ4v) is 3.47. The van der Waals surface area contributed by atoms with Gasteiger partial charge in [-0.25, -0.2) is 4.98 Å². The number of hydrogen-bond acceptors (Lipinski definition) is 5. The van der Waals surface area contributed by atoms with E-state index in [1.54, 1.807) is 11.3 Å². The first kappa shape index (κ1) is 12.0. The number of pyridine rings is 1. The Kier molecular flexibility index (Phi) is 2.97. The molecule has 0 bridgehead atoms. The predicted molar refractivity (Wildman–Crippen MR) is 77.5 cm³/mol. The zero-order valence-electron chi connectivity index (χ0n) is 11.0. The van der Waals surface area contributed by atoms with E-state index < -0.39 is 0 Å². The van der Waals surface area contributed by atoms with Gasteiger partial charge < -0.3 is 0 Å². The van der Waals surface area contributed by atoms with Crippen molar-refractivity contribution in [2.75, 3.05) is 6.54 Å². The van der Waals surface area contributed by atoms with Crippen LogP contribution >= 0.6 is 11.3 Å². The van der Waals surface area contributed by atoms with Gasteiger partial charge in [0.15, 0.2) is 11.5 Å². The van der Waals surface area contributed by atoms with Crippen LogP contribution in [0.2, 0.25) is 0 Å². The van der Waals surface area contributed by atoms with Gasteiger partial charge >= 0.3 is 0 Å². The lowest BCUT2D eigenvalue weighted by atomic mass is 10.2. The summed E-state index contributed by atoms with van der Waals surface area (Å²) in [6, 6.07) is 6.36. The van der Waals surface area contributed by atoms with Gasteiger partial charge in [-0.2, -0.15) is 0 Å². The molecule has 4 rings (SSSR count). The highest BCUT2D eigenvalue weighted by atomic mass is 32.1. The van der Waals surface area contributed by atoms with Crippen LogP contribution in [0.25, 0.3) is 5.65 Å². The summed E-state index contributed by atoms with van der Waals surface area (Å²) in [5.41, 5.74) is 3.96. The Morgan fingerprint density at radius 3 is 3.20 bits per heavy atom. The summed E-state index contributed by atoms with van der Waals surface area (Å²) in [4.78, 5) is 6.85. The predicted octanol–water partition coefficient (Wildman–Crippen LogP) is 2.52. The molecule has 1 aliphatic heterocycles. The number of likely N-dealkylation sites (tertiary alicyclic amines) is 1. The molecule has 0 aliphatic carbocycles. The van der Waals surface area contributed by atoms with Gasteiger partial charge in [0.1, 0.15) is 0 Å². The van der Waals surface area contributed by atoms with E-state index in [2.05, 4.69) is 29.9 Å². The summed E-state index contributed by atoms with van der Waals surface area (Å²) >= 11 is 1.65. The Morgan fingerprint density at radius 2 is 2.30 bits per heavy atom. The Hall–Kier alpha value is -1.79. The number of rotatable bonds is 3. The molecule has 102 valence electrons. The largest absolute Gasteiger partial charge is 0.287 e. The molecule has 4 heterocycles. The first-order chi connectivity index (χ1) is 9.92. The molecule has 0 N–H and O–H groups in total. The van der Waals surface area contributed by atoms with Gasteiger partial charge in [0, 0.05) is 18.1 Å². The lowest BCUT2D eigenvalue weighted by molar-refractivity contribution is 0.236. The zero-order valence-corrected chi connectivity index (χ0v) is 11.8. The van der Waals surface area contributed by atoms with Crippen molar-refractivity contribution in [2.24, 2.45) is 0 Å². The summed E-state index contributed by atoms with van der Waals surface area (Å²) in [6.07, 6.45) is 4.39. The maximum atomic E-state index is 4.41. The van der Waals surface area contributed by atoms with Crippen LogP contribution in [0, 0.1) is 0 Å². The van der Waals surface area contributed by atoms with Crippen molar-refractivity contribution >= 4 is 17.0 Å². The number of aromatic nitrogens is 4. The molecule has 1 saturated heterocycles. The third-order valence-electron chi connectivity index (χ3n) is 3.85. The van der Waals surface area contributed by atoms with Gasteiger partial charge in [0.05, 0.1) is 17.2 Å². The molecule has 3 aromatic rings. The zero-order chi connectivity index (χ0) is 13.4. The highest BCUT2D eigenvalue weighted by Crippen LogP contribution is 2.32. The van der Waals surface area contributed by atoms with Crippen LogP contribution in [0.15, 0.2) is 35.3 Å². The molecule has 0 amide bonds. The molecule has 5 nitrogen and oxygen atoms in total. The van der Waals surface area contributed by atoms with E-state index >= 15 is 0 Å². The minimum Gasteiger partial charge on any atom is -0.287 e. The van der Waals surface area contributed by atoms with Crippen molar-refractivity contribution in [2.45, 2.75) is 25.4 Å². The highest BCUT2D eigenvalue weighted by molar-refractivity contribution is 7.07. The summed E-state index contributed by atoms with van der Waals surface area (Å²) in [5.74, 6) is 1.05. The summed E-state index contributed by atoms with van der Waals surface area (Å²) in [5, 5.41) is 10.8. The second kappa shape index (κ2) is 4.96. The lowest BCUT2D eigenvalue weighted by Gasteiger charge is -2.22. The summed E-state index contributed by atoms with van der Waals surface area (Å²) in [6.45, 7) is 2.00. The van der Waals surface area contributed by atoms with E-state index in [1.165, 1.54) is 6.42 Å². The standard InChI is InChI=1S/C14H15N5S/c1-2-7-19-13(5-1)16-17-14(19)12-4-3-6-18(12)8-11-9-20-10-15-11/h1-2,5,7,9-10,12H,3-4,6,8H2/t12-/m0/s1. The summed E-state index contributed by atoms with van der Waals surface area (Å²) < 4.78 is 2.10. The van der Waals surface area contributed by atoms with Gasteiger partial charge in [-0.05, 0) is 31.5 Å². The molecular formula is C14H15N5S. The van der Waals surface area contributed by atoms with Gasteiger partial charge in [-0.1, -0.05) is 6.07 Å². The topological polar surface area (TPSA) is 46.3 Å². The van der Waals surface area contributed by atoms with Gasteiger partial charge in [0.25, 0.3) is 0 Å². The Labute approximate surface area is 120 Å². The van der Waals surface area contributed by atoms with E-state index in [0.29, 0.717) is 6.04 Å². The van der Waals surface area contributed by atoms with Crippen LogP contribution < -0.4 is 0 Å². The third-order valence-corrected chi connectivity index (χ3v) is 4.49. The number of nitrogens with zero attached hydrogens (tertiary/aromatic N) is 5. The van der Waals surface area contributed by atoms with Crippen molar-refractivity contribution in [1.29, 1.82) is 0 Å². The Morgan fingerprint density at radius 1 is 1.30 bits per heavy atom. The number of hydrogen-bond donors (Lipinski definition) is 0. The average Bonchev–Trinajstić information content (AvgIpc) is 3.19. The van der Waals surface area contributed by atoms with Crippen molar-refractivity contribution in [1.82, 2.24) is 24.5 Å². The molecule has 0 spiro atoms. The SMILES string of the molecule is c1ccn2c([C@@H]3CCCN3Cc3cscn3)nnc2c1. The lowest BCUT2D eigenvalue weighted by Crippen LogP contribution is -2.24. The normalized spacial score (nSPS) is 19.9. The first-order valence-corrected chi connectivity index (χ1v) is 7.77. The third kappa shape index (κ3) is 2.01. The molecule has 0 unspecified atom stereocenters. The van der Waals surface area contributed by atoms with E-state index in [-0.39, 0.29) is 0 Å². The summed E-state index contributed by atoms with van der Waals surface area (Å²) in [7, 11) is 0. The minimum absolute atomic E-state index is 0.342. The second-order valence-electron chi connectivity index (χ2n) is 5.10. The molecule has 0 aromatic carbocycles. The molecule has 20 heavy (non-hydrogen) atoms. The van der Waals surface area contributed by atoms with E-state index in [1.807, 2.05) is 29.9 Å². The van der Waals surface area contributed by atoms with E-state index in [9.17, 15) is 0 Å². The molecule has 0 saturated carbocycles. The van der Waals surface area contributed by atoms with Crippen LogP contribution in [-0.4, -0.2) is 31.0 Å². The van der Waals surface area contributed by atoms with Crippen LogP contribution in [0.3, 0.4) is 0 Å². The maximum absolute atomic E-state index is 4.41.